The highest BCUT2D eigenvalue weighted by Gasteiger charge is 2.67. The van der Waals surface area contributed by atoms with E-state index in [2.05, 4.69) is 32.6 Å². The second-order valence-electron chi connectivity index (χ2n) is 16.8. The maximum atomic E-state index is 13.3. The van der Waals surface area contributed by atoms with Gasteiger partial charge in [0.1, 0.15) is 12.1 Å². The van der Waals surface area contributed by atoms with Crippen molar-refractivity contribution in [2.24, 2.45) is 34.5 Å². The van der Waals surface area contributed by atoms with Gasteiger partial charge in [0.25, 0.3) is 0 Å². The molecule has 2 saturated heterocycles. The molecule has 0 spiro atoms. The Labute approximate surface area is 285 Å². The van der Waals surface area contributed by atoms with Crippen LogP contribution in [-0.4, -0.2) is 78.3 Å². The smallest absolute Gasteiger partial charge is 0.306 e. The standard InChI is InChI=1S/C38H65N2O4.BrH/c1-6-15-35(42)44-36-33(40(7-2)22-13-8-9-14-23-40)25-31-29-17-16-28-24-34(43-27(3)41)32(39-20-11-10-12-21-39)26-38(28,5)30(29)18-19-37(31,36)4;/h28-34,36H,6-26H2,1-5H3;1H/q+1;/p-1/t28-,29?,30?,31?,32-,33-,34-,36-,37-,38-;/m0./s1. The lowest BCUT2D eigenvalue weighted by atomic mass is 9.44. The molecule has 6 aliphatic rings. The van der Waals surface area contributed by atoms with Crippen LogP contribution in [0.4, 0.5) is 0 Å². The Bertz CT molecular complexity index is 1030. The molecule has 6 nitrogen and oxygen atoms in total. The minimum Gasteiger partial charge on any atom is -1.00 e. The van der Waals surface area contributed by atoms with Gasteiger partial charge in [-0.15, -0.1) is 0 Å². The Morgan fingerprint density at radius 2 is 1.53 bits per heavy atom. The Hall–Kier alpha value is -0.660. The van der Waals surface area contributed by atoms with Crippen molar-refractivity contribution in [1.82, 2.24) is 4.90 Å². The molecule has 6 rings (SSSR count). The number of hydrogen-bond acceptors (Lipinski definition) is 5. The highest BCUT2D eigenvalue weighted by Crippen LogP contribution is 2.68. The van der Waals surface area contributed by atoms with E-state index in [9.17, 15) is 9.59 Å². The van der Waals surface area contributed by atoms with E-state index in [4.69, 9.17) is 9.47 Å². The molecule has 0 aromatic carbocycles. The third-order valence-corrected chi connectivity index (χ3v) is 14.8. The van der Waals surface area contributed by atoms with Crippen LogP contribution in [0.25, 0.3) is 0 Å². The molecule has 2 aliphatic heterocycles. The number of carbonyl (C=O) groups is 2. The van der Waals surface area contributed by atoms with Crippen LogP contribution in [0, 0.1) is 34.5 Å². The van der Waals surface area contributed by atoms with Gasteiger partial charge in [-0.05, 0) is 133 Å². The number of nitrogens with zero attached hydrogens (tertiary/aromatic N) is 2. The molecule has 0 radical (unpaired) electrons. The van der Waals surface area contributed by atoms with Gasteiger partial charge >= 0.3 is 11.9 Å². The van der Waals surface area contributed by atoms with Gasteiger partial charge in [-0.3, -0.25) is 14.5 Å². The van der Waals surface area contributed by atoms with Crippen molar-refractivity contribution in [1.29, 1.82) is 0 Å². The average molecular weight is 694 g/mol. The average Bonchev–Trinajstić information content (AvgIpc) is 3.14. The molecular formula is C38H65BrN2O4. The molecule has 0 amide bonds. The van der Waals surface area contributed by atoms with Crippen LogP contribution in [0.3, 0.4) is 0 Å². The van der Waals surface area contributed by atoms with Gasteiger partial charge in [0, 0.05) is 31.2 Å². The second kappa shape index (κ2) is 14.4. The topological polar surface area (TPSA) is 55.8 Å². The van der Waals surface area contributed by atoms with Crippen LogP contribution in [-0.2, 0) is 19.1 Å². The van der Waals surface area contributed by atoms with Crippen LogP contribution >= 0.6 is 0 Å². The van der Waals surface area contributed by atoms with Crippen LogP contribution in [0.15, 0.2) is 0 Å². The van der Waals surface area contributed by atoms with Gasteiger partial charge in [-0.1, -0.05) is 27.2 Å². The number of hydrogen-bond donors (Lipinski definition) is 0. The van der Waals surface area contributed by atoms with E-state index in [1.165, 1.54) is 101 Å². The predicted molar refractivity (Wildman–Crippen MR) is 175 cm³/mol. The third kappa shape index (κ3) is 6.55. The summed E-state index contributed by atoms with van der Waals surface area (Å²) in [5.74, 6) is 2.63. The molecule has 2 heterocycles. The minimum absolute atomic E-state index is 0. The van der Waals surface area contributed by atoms with E-state index in [0.717, 1.165) is 38.4 Å². The number of halogens is 1. The summed E-state index contributed by atoms with van der Waals surface area (Å²) in [6.45, 7) is 17.3. The number of likely N-dealkylation sites (N-methyl/N-ethyl adjacent to an activating group) is 1. The molecule has 0 aromatic rings. The van der Waals surface area contributed by atoms with E-state index < -0.39 is 0 Å². The maximum Gasteiger partial charge on any atom is 0.306 e. The zero-order valence-electron chi connectivity index (χ0n) is 29.4. The number of piperidine rings is 1. The Balaban J connectivity index is 0.00000400. The van der Waals surface area contributed by atoms with Crippen LogP contribution in [0.1, 0.15) is 137 Å². The summed E-state index contributed by atoms with van der Waals surface area (Å²) >= 11 is 0. The van der Waals surface area contributed by atoms with Crippen molar-refractivity contribution in [2.45, 2.75) is 162 Å². The fraction of sp³-hybridized carbons (Fsp3) is 0.947. The second-order valence-corrected chi connectivity index (χ2v) is 16.8. The number of ether oxygens (including phenoxy) is 2. The molecular weight excluding hydrogens is 628 g/mol. The molecule has 45 heavy (non-hydrogen) atoms. The number of fused-ring (bicyclic) bond motifs is 5. The molecule has 4 saturated carbocycles. The summed E-state index contributed by atoms with van der Waals surface area (Å²) < 4.78 is 14.0. The molecule has 4 aliphatic carbocycles. The summed E-state index contributed by atoms with van der Waals surface area (Å²) in [7, 11) is 0. The first-order valence-electron chi connectivity index (χ1n) is 19.1. The summed E-state index contributed by atoms with van der Waals surface area (Å²) in [6, 6.07) is 0.802. The van der Waals surface area contributed by atoms with Gasteiger partial charge in [0.15, 0.2) is 6.10 Å². The number of carbonyl (C=O) groups excluding carboxylic acids is 2. The lowest BCUT2D eigenvalue weighted by molar-refractivity contribution is -0.951. The molecule has 6 fully saturated rings. The van der Waals surface area contributed by atoms with Gasteiger partial charge < -0.3 is 30.9 Å². The Morgan fingerprint density at radius 1 is 0.844 bits per heavy atom. The largest absolute Gasteiger partial charge is 1.00 e. The van der Waals surface area contributed by atoms with E-state index in [0.29, 0.717) is 36.3 Å². The molecule has 0 aromatic heterocycles. The summed E-state index contributed by atoms with van der Waals surface area (Å²) in [6.07, 6.45) is 19.2. The maximum absolute atomic E-state index is 13.3. The molecule has 10 atom stereocenters. The van der Waals surface area contributed by atoms with Crippen LogP contribution < -0.4 is 17.0 Å². The number of quaternary nitrogens is 1. The van der Waals surface area contributed by atoms with Gasteiger partial charge in [0.2, 0.25) is 0 Å². The van der Waals surface area contributed by atoms with Crippen molar-refractivity contribution < 1.29 is 40.5 Å². The lowest BCUT2D eigenvalue weighted by Crippen LogP contribution is -3.00. The van der Waals surface area contributed by atoms with Gasteiger partial charge in [-0.2, -0.15) is 0 Å². The zero-order chi connectivity index (χ0) is 31.1. The minimum atomic E-state index is -0.107. The first-order valence-corrected chi connectivity index (χ1v) is 19.1. The van der Waals surface area contributed by atoms with E-state index in [1.807, 2.05) is 0 Å². The highest BCUT2D eigenvalue weighted by molar-refractivity contribution is 5.69. The van der Waals surface area contributed by atoms with Crippen LogP contribution in [0.5, 0.6) is 0 Å². The Morgan fingerprint density at radius 3 is 2.18 bits per heavy atom. The lowest BCUT2D eigenvalue weighted by Gasteiger charge is -2.62. The summed E-state index contributed by atoms with van der Waals surface area (Å²) in [5.41, 5.74) is 0.363. The number of esters is 2. The van der Waals surface area contributed by atoms with Gasteiger partial charge in [-0.25, -0.2) is 0 Å². The molecule has 3 unspecified atom stereocenters. The highest BCUT2D eigenvalue weighted by atomic mass is 79.9. The quantitative estimate of drug-likeness (QED) is 0.290. The van der Waals surface area contributed by atoms with E-state index in [1.54, 1.807) is 6.92 Å². The fourth-order valence-corrected chi connectivity index (χ4v) is 12.5. The summed E-state index contributed by atoms with van der Waals surface area (Å²) in [4.78, 5) is 28.2. The predicted octanol–water partition coefficient (Wildman–Crippen LogP) is 4.53. The monoisotopic (exact) mass is 692 g/mol. The first kappa shape index (κ1) is 35.6. The summed E-state index contributed by atoms with van der Waals surface area (Å²) in [5, 5.41) is 0. The fourth-order valence-electron chi connectivity index (χ4n) is 12.5. The van der Waals surface area contributed by atoms with Crippen molar-refractivity contribution >= 4 is 11.9 Å². The Kier molecular flexibility index (Phi) is 11.4. The normalized spacial score (nSPS) is 43.0. The molecule has 258 valence electrons. The van der Waals surface area contributed by atoms with Gasteiger partial charge in [0.05, 0.1) is 19.6 Å². The van der Waals surface area contributed by atoms with Crippen molar-refractivity contribution in [3.05, 3.63) is 0 Å². The zero-order valence-corrected chi connectivity index (χ0v) is 31.0. The van der Waals surface area contributed by atoms with Crippen molar-refractivity contribution in [2.75, 3.05) is 32.7 Å². The molecule has 7 heteroatoms. The van der Waals surface area contributed by atoms with E-state index >= 15 is 0 Å². The molecule has 0 N–H and O–H groups in total. The number of likely N-dealkylation sites (tertiary alicyclic amines) is 2. The van der Waals surface area contributed by atoms with E-state index in [-0.39, 0.29) is 52.0 Å². The van der Waals surface area contributed by atoms with Crippen LogP contribution in [0.2, 0.25) is 0 Å². The number of rotatable bonds is 7. The SMILES string of the molecule is CCCC(=O)O[C@H]1[C@@H]([N+]2(CC)CCCCCC2)CC2C3CC[C@H]4C[C@H](OC(C)=O)[C@@H](N5CCCCC5)C[C@]4(C)C3CC[C@@]21C.[Br-]. The molecule has 0 bridgehead atoms. The van der Waals surface area contributed by atoms with Crippen molar-refractivity contribution in [3.8, 4) is 0 Å². The third-order valence-electron chi connectivity index (χ3n) is 14.8. The first-order chi connectivity index (χ1) is 21.1. The van der Waals surface area contributed by atoms with Crippen molar-refractivity contribution in [3.63, 3.8) is 0 Å².